The van der Waals surface area contributed by atoms with E-state index in [9.17, 15) is 4.39 Å². The highest BCUT2D eigenvalue weighted by Crippen LogP contribution is 2.38. The summed E-state index contributed by atoms with van der Waals surface area (Å²) < 4.78 is 17.1. The van der Waals surface area contributed by atoms with Crippen molar-refractivity contribution in [2.24, 2.45) is 0 Å². The van der Waals surface area contributed by atoms with Crippen molar-refractivity contribution >= 4 is 55.1 Å². The van der Waals surface area contributed by atoms with E-state index in [1.807, 2.05) is 48.5 Å². The van der Waals surface area contributed by atoms with Crippen LogP contribution in [0.25, 0.3) is 22.5 Å². The van der Waals surface area contributed by atoms with E-state index in [4.69, 9.17) is 28.3 Å². The van der Waals surface area contributed by atoms with Gasteiger partial charge in [0.05, 0.1) is 17.3 Å². The highest BCUT2D eigenvalue weighted by Gasteiger charge is 2.20. The Balaban J connectivity index is 1.89. The molecule has 0 amide bonds. The van der Waals surface area contributed by atoms with Gasteiger partial charge in [-0.2, -0.15) is 5.10 Å². The molecular weight excluding hydrogens is 542 g/mol. The third-order valence-corrected chi connectivity index (χ3v) is 6.12. The minimum atomic E-state index is -0.376. The first kappa shape index (κ1) is 20.6. The molecule has 0 saturated heterocycles. The predicted molar refractivity (Wildman–Crippen MR) is 124 cm³/mol. The van der Waals surface area contributed by atoms with Gasteiger partial charge in [0.25, 0.3) is 0 Å². The molecule has 0 aliphatic carbocycles. The standard InChI is InChI=1S/C22H13Br2Cl2FN2/c23-16-5-1-3-13(9-16)21-20(26)22(14-4-2-6-17(24)10-14)29(28-21)12-15-7-8-18(27)11-19(15)25/h1-11H,12H2. The van der Waals surface area contributed by atoms with Gasteiger partial charge >= 0.3 is 0 Å². The van der Waals surface area contributed by atoms with Crippen LogP contribution in [-0.2, 0) is 6.54 Å². The van der Waals surface area contributed by atoms with Gasteiger partial charge in [-0.05, 0) is 42.0 Å². The van der Waals surface area contributed by atoms with Crippen molar-refractivity contribution in [2.45, 2.75) is 6.54 Å². The number of halogens is 5. The van der Waals surface area contributed by atoms with Gasteiger partial charge < -0.3 is 0 Å². The van der Waals surface area contributed by atoms with E-state index in [2.05, 4.69) is 31.9 Å². The van der Waals surface area contributed by atoms with E-state index in [-0.39, 0.29) is 5.82 Å². The van der Waals surface area contributed by atoms with Gasteiger partial charge in [0, 0.05) is 25.1 Å². The van der Waals surface area contributed by atoms with E-state index in [1.165, 1.54) is 12.1 Å². The second-order valence-corrected chi connectivity index (χ2v) is 9.04. The summed E-state index contributed by atoms with van der Waals surface area (Å²) in [6.07, 6.45) is 0. The van der Waals surface area contributed by atoms with Gasteiger partial charge in [0.1, 0.15) is 11.5 Å². The van der Waals surface area contributed by atoms with Gasteiger partial charge in [-0.15, -0.1) is 0 Å². The molecule has 1 aromatic heterocycles. The monoisotopic (exact) mass is 552 g/mol. The Bertz CT molecular complexity index is 1210. The fourth-order valence-electron chi connectivity index (χ4n) is 3.10. The first-order chi connectivity index (χ1) is 13.9. The fraction of sp³-hybridized carbons (Fsp3) is 0.0455. The maximum absolute atomic E-state index is 13.5. The smallest absolute Gasteiger partial charge is 0.124 e. The zero-order valence-electron chi connectivity index (χ0n) is 14.8. The van der Waals surface area contributed by atoms with Crippen LogP contribution in [0.3, 0.4) is 0 Å². The SMILES string of the molecule is Fc1ccc(Cn2nc(-c3cccc(Br)c3)c(Cl)c2-c2cccc(Br)c2)c(Cl)c1. The van der Waals surface area contributed by atoms with Crippen LogP contribution in [0.1, 0.15) is 5.56 Å². The summed E-state index contributed by atoms with van der Waals surface area (Å²) in [5, 5.41) is 5.67. The molecule has 3 aromatic carbocycles. The zero-order valence-corrected chi connectivity index (χ0v) is 19.5. The van der Waals surface area contributed by atoms with E-state index >= 15 is 0 Å². The molecule has 2 nitrogen and oxygen atoms in total. The molecule has 0 radical (unpaired) electrons. The lowest BCUT2D eigenvalue weighted by Crippen LogP contribution is -2.05. The first-order valence-electron chi connectivity index (χ1n) is 8.64. The minimum absolute atomic E-state index is 0.348. The second-order valence-electron chi connectivity index (χ2n) is 6.43. The summed E-state index contributed by atoms with van der Waals surface area (Å²) >= 11 is 20.1. The molecule has 1 heterocycles. The average Bonchev–Trinajstić information content (AvgIpc) is 3.00. The van der Waals surface area contributed by atoms with E-state index < -0.39 is 0 Å². The maximum atomic E-state index is 13.5. The van der Waals surface area contributed by atoms with E-state index in [1.54, 1.807) is 10.7 Å². The summed E-state index contributed by atoms with van der Waals surface area (Å²) in [5.74, 6) is -0.376. The molecule has 0 atom stereocenters. The van der Waals surface area contributed by atoms with E-state index in [0.29, 0.717) is 22.3 Å². The van der Waals surface area contributed by atoms with E-state index in [0.717, 1.165) is 31.3 Å². The molecule has 0 aliphatic rings. The number of nitrogens with zero attached hydrogens (tertiary/aromatic N) is 2. The summed E-state index contributed by atoms with van der Waals surface area (Å²) in [7, 11) is 0. The largest absolute Gasteiger partial charge is 0.258 e. The van der Waals surface area contributed by atoms with Crippen molar-refractivity contribution in [1.82, 2.24) is 9.78 Å². The van der Waals surface area contributed by atoms with Gasteiger partial charge in [-0.25, -0.2) is 4.39 Å². The molecule has 0 bridgehead atoms. The van der Waals surface area contributed by atoms with Gasteiger partial charge in [0.15, 0.2) is 0 Å². The van der Waals surface area contributed by atoms with Crippen LogP contribution in [-0.4, -0.2) is 9.78 Å². The number of rotatable bonds is 4. The average molecular weight is 555 g/mol. The Labute approximate surface area is 194 Å². The molecule has 7 heteroatoms. The topological polar surface area (TPSA) is 17.8 Å². The van der Waals surface area contributed by atoms with Crippen molar-refractivity contribution < 1.29 is 4.39 Å². The normalized spacial score (nSPS) is 11.1. The Morgan fingerprint density at radius 2 is 1.52 bits per heavy atom. The van der Waals surface area contributed by atoms with Crippen LogP contribution >= 0.6 is 55.1 Å². The molecule has 0 aliphatic heterocycles. The third-order valence-electron chi connectivity index (χ3n) is 4.43. The fourth-order valence-corrected chi connectivity index (χ4v) is 4.48. The van der Waals surface area contributed by atoms with Gasteiger partial charge in [0.2, 0.25) is 0 Å². The lowest BCUT2D eigenvalue weighted by Gasteiger charge is -2.10. The molecular formula is C22H13Br2Cl2FN2. The number of benzene rings is 3. The molecule has 0 unspecified atom stereocenters. The molecule has 146 valence electrons. The third kappa shape index (κ3) is 4.43. The van der Waals surface area contributed by atoms with Crippen molar-refractivity contribution in [1.29, 1.82) is 0 Å². The highest BCUT2D eigenvalue weighted by atomic mass is 79.9. The predicted octanol–water partition coefficient (Wildman–Crippen LogP) is 8.24. The molecule has 0 fully saturated rings. The molecule has 0 spiro atoms. The zero-order chi connectivity index (χ0) is 20.5. The van der Waals surface area contributed by atoms with Crippen molar-refractivity contribution in [3.8, 4) is 22.5 Å². The van der Waals surface area contributed by atoms with Crippen molar-refractivity contribution in [3.05, 3.63) is 97.1 Å². The molecule has 4 rings (SSSR count). The summed E-state index contributed by atoms with van der Waals surface area (Å²) in [5.41, 5.74) is 4.00. The Morgan fingerprint density at radius 3 is 2.17 bits per heavy atom. The number of hydrogen-bond donors (Lipinski definition) is 0. The summed E-state index contributed by atoms with van der Waals surface area (Å²) in [6.45, 7) is 0.356. The van der Waals surface area contributed by atoms with Crippen LogP contribution in [0.5, 0.6) is 0 Å². The van der Waals surface area contributed by atoms with Crippen molar-refractivity contribution in [2.75, 3.05) is 0 Å². The van der Waals surface area contributed by atoms with Crippen LogP contribution in [0, 0.1) is 5.82 Å². The first-order valence-corrected chi connectivity index (χ1v) is 11.0. The summed E-state index contributed by atoms with van der Waals surface area (Å²) in [4.78, 5) is 0. The number of hydrogen-bond acceptors (Lipinski definition) is 1. The Kier molecular flexibility index (Phi) is 6.11. The lowest BCUT2D eigenvalue weighted by atomic mass is 10.1. The van der Waals surface area contributed by atoms with Crippen LogP contribution in [0.2, 0.25) is 10.0 Å². The minimum Gasteiger partial charge on any atom is -0.258 e. The lowest BCUT2D eigenvalue weighted by molar-refractivity contribution is 0.625. The van der Waals surface area contributed by atoms with Gasteiger partial charge in [-0.3, -0.25) is 4.68 Å². The molecule has 4 aromatic rings. The maximum Gasteiger partial charge on any atom is 0.124 e. The molecule has 29 heavy (non-hydrogen) atoms. The van der Waals surface area contributed by atoms with Crippen LogP contribution in [0.15, 0.2) is 75.7 Å². The Morgan fingerprint density at radius 1 is 0.862 bits per heavy atom. The van der Waals surface area contributed by atoms with Crippen molar-refractivity contribution in [3.63, 3.8) is 0 Å². The van der Waals surface area contributed by atoms with Crippen LogP contribution in [0.4, 0.5) is 4.39 Å². The van der Waals surface area contributed by atoms with Gasteiger partial charge in [-0.1, -0.05) is 85.4 Å². The second kappa shape index (κ2) is 8.60. The Hall–Kier alpha value is -1.66. The quantitative estimate of drug-likeness (QED) is 0.248. The molecule has 0 N–H and O–H groups in total. The highest BCUT2D eigenvalue weighted by molar-refractivity contribution is 9.10. The molecule has 0 saturated carbocycles. The summed E-state index contributed by atoms with van der Waals surface area (Å²) in [6, 6.07) is 20.0. The van der Waals surface area contributed by atoms with Crippen LogP contribution < -0.4 is 0 Å². The number of aromatic nitrogens is 2.